The fraction of sp³-hybridized carbons (Fsp3) is 0.923. The van der Waals surface area contributed by atoms with Crippen molar-refractivity contribution in [3.63, 3.8) is 0 Å². The van der Waals surface area contributed by atoms with Crippen LogP contribution in [-0.2, 0) is 4.79 Å². The fourth-order valence-corrected chi connectivity index (χ4v) is 2.85. The molecule has 1 saturated carbocycles. The second kappa shape index (κ2) is 7.93. The Balaban J connectivity index is 0.00000144. The van der Waals surface area contributed by atoms with E-state index in [4.69, 9.17) is 0 Å². The molecule has 0 radical (unpaired) electrons. The first-order valence-corrected chi connectivity index (χ1v) is 6.84. The predicted molar refractivity (Wildman–Crippen MR) is 72.4 cm³/mol. The van der Waals surface area contributed by atoms with Crippen molar-refractivity contribution in [2.75, 3.05) is 19.6 Å². The number of piperidine rings is 1. The van der Waals surface area contributed by atoms with Crippen LogP contribution in [0.1, 0.15) is 44.9 Å². The van der Waals surface area contributed by atoms with Crippen molar-refractivity contribution in [1.29, 1.82) is 0 Å². The maximum Gasteiger partial charge on any atom is 0.223 e. The van der Waals surface area contributed by atoms with Gasteiger partial charge < -0.3 is 10.6 Å². The van der Waals surface area contributed by atoms with Crippen molar-refractivity contribution in [2.24, 2.45) is 11.8 Å². The Kier molecular flexibility index (Phi) is 6.90. The number of carbonyl (C=O) groups is 1. The molecule has 1 heterocycles. The van der Waals surface area contributed by atoms with Crippen LogP contribution in [0, 0.1) is 11.8 Å². The van der Waals surface area contributed by atoms with Gasteiger partial charge in [0.2, 0.25) is 5.91 Å². The molecule has 100 valence electrons. The van der Waals surface area contributed by atoms with Crippen molar-refractivity contribution in [3.8, 4) is 0 Å². The lowest BCUT2D eigenvalue weighted by Gasteiger charge is -2.25. The van der Waals surface area contributed by atoms with E-state index in [2.05, 4.69) is 10.6 Å². The molecule has 2 aliphatic rings. The molecular formula is C13H25ClN2O. The van der Waals surface area contributed by atoms with E-state index >= 15 is 0 Å². The molecule has 0 bridgehead atoms. The number of hydrogen-bond acceptors (Lipinski definition) is 2. The number of carbonyl (C=O) groups excluding carboxylic acids is 1. The van der Waals surface area contributed by atoms with Crippen molar-refractivity contribution in [2.45, 2.75) is 44.9 Å². The Bertz CT molecular complexity index is 223. The zero-order valence-corrected chi connectivity index (χ0v) is 11.4. The van der Waals surface area contributed by atoms with E-state index in [-0.39, 0.29) is 12.4 Å². The van der Waals surface area contributed by atoms with E-state index in [9.17, 15) is 4.79 Å². The summed E-state index contributed by atoms with van der Waals surface area (Å²) in [5.41, 5.74) is 0. The minimum atomic E-state index is 0. The van der Waals surface area contributed by atoms with Crippen molar-refractivity contribution in [1.82, 2.24) is 10.6 Å². The first-order valence-electron chi connectivity index (χ1n) is 6.84. The molecule has 17 heavy (non-hydrogen) atoms. The molecule has 1 aliphatic carbocycles. The van der Waals surface area contributed by atoms with Gasteiger partial charge in [-0.2, -0.15) is 0 Å². The molecule has 4 heteroatoms. The summed E-state index contributed by atoms with van der Waals surface area (Å²) in [6.45, 7) is 3.10. The summed E-state index contributed by atoms with van der Waals surface area (Å²) in [5, 5.41) is 6.53. The topological polar surface area (TPSA) is 41.1 Å². The van der Waals surface area contributed by atoms with Crippen LogP contribution in [0.3, 0.4) is 0 Å². The lowest BCUT2D eigenvalue weighted by atomic mass is 9.88. The normalized spacial score (nSPS) is 26.0. The Morgan fingerprint density at radius 1 is 1.12 bits per heavy atom. The monoisotopic (exact) mass is 260 g/mol. The molecule has 0 spiro atoms. The smallest absolute Gasteiger partial charge is 0.223 e. The quantitative estimate of drug-likeness (QED) is 0.816. The Morgan fingerprint density at radius 3 is 2.53 bits per heavy atom. The predicted octanol–water partition coefficient (Wildman–Crippen LogP) is 2.10. The first-order chi connectivity index (χ1) is 7.86. The van der Waals surface area contributed by atoms with Crippen LogP contribution in [0.2, 0.25) is 0 Å². The van der Waals surface area contributed by atoms with Crippen molar-refractivity contribution in [3.05, 3.63) is 0 Å². The third kappa shape index (κ3) is 4.84. The molecular weight excluding hydrogens is 236 g/mol. The third-order valence-corrected chi connectivity index (χ3v) is 3.94. The molecule has 3 nitrogen and oxygen atoms in total. The Labute approximate surface area is 111 Å². The van der Waals surface area contributed by atoms with Crippen molar-refractivity contribution >= 4 is 18.3 Å². The van der Waals surface area contributed by atoms with E-state index in [0.717, 1.165) is 32.5 Å². The van der Waals surface area contributed by atoms with Crippen LogP contribution in [0.25, 0.3) is 0 Å². The van der Waals surface area contributed by atoms with Crippen LogP contribution in [-0.4, -0.2) is 25.5 Å². The second-order valence-corrected chi connectivity index (χ2v) is 5.29. The number of hydrogen-bond donors (Lipinski definition) is 2. The van der Waals surface area contributed by atoms with E-state index < -0.39 is 0 Å². The number of rotatable bonds is 3. The van der Waals surface area contributed by atoms with Gasteiger partial charge in [-0.1, -0.05) is 19.3 Å². The van der Waals surface area contributed by atoms with Gasteiger partial charge in [0, 0.05) is 12.5 Å². The summed E-state index contributed by atoms with van der Waals surface area (Å²) >= 11 is 0. The largest absolute Gasteiger partial charge is 0.356 e. The minimum absolute atomic E-state index is 0. The zero-order valence-electron chi connectivity index (χ0n) is 10.5. The van der Waals surface area contributed by atoms with Crippen LogP contribution in [0.15, 0.2) is 0 Å². The SMILES string of the molecule is Cl.O=C(NCC1CCCNC1)C1CCCCC1. The molecule has 1 unspecified atom stereocenters. The minimum Gasteiger partial charge on any atom is -0.356 e. The highest BCUT2D eigenvalue weighted by molar-refractivity contribution is 5.85. The maximum atomic E-state index is 11.9. The van der Waals surface area contributed by atoms with E-state index in [1.807, 2.05) is 0 Å². The first kappa shape index (κ1) is 14.8. The van der Waals surface area contributed by atoms with Gasteiger partial charge in [-0.15, -0.1) is 12.4 Å². The van der Waals surface area contributed by atoms with Gasteiger partial charge in [-0.25, -0.2) is 0 Å². The Hall–Kier alpha value is -0.280. The fourth-order valence-electron chi connectivity index (χ4n) is 2.85. The summed E-state index contributed by atoms with van der Waals surface area (Å²) in [4.78, 5) is 11.9. The van der Waals surface area contributed by atoms with Crippen LogP contribution < -0.4 is 10.6 Å². The molecule has 0 aromatic carbocycles. The van der Waals surface area contributed by atoms with Gasteiger partial charge >= 0.3 is 0 Å². The highest BCUT2D eigenvalue weighted by Crippen LogP contribution is 2.23. The van der Waals surface area contributed by atoms with Gasteiger partial charge in [0.25, 0.3) is 0 Å². The Morgan fingerprint density at radius 2 is 1.88 bits per heavy atom. The lowest BCUT2D eigenvalue weighted by molar-refractivity contribution is -0.126. The molecule has 1 aliphatic heterocycles. The average Bonchev–Trinajstić information content (AvgIpc) is 2.38. The van der Waals surface area contributed by atoms with Gasteiger partial charge in [0.15, 0.2) is 0 Å². The molecule has 0 aromatic rings. The summed E-state index contributed by atoms with van der Waals surface area (Å²) in [5.74, 6) is 1.27. The highest BCUT2D eigenvalue weighted by atomic mass is 35.5. The van der Waals surface area contributed by atoms with Gasteiger partial charge in [0.1, 0.15) is 0 Å². The lowest BCUT2D eigenvalue weighted by Crippen LogP contribution is -2.40. The molecule has 1 amide bonds. The number of amides is 1. The van der Waals surface area contributed by atoms with Gasteiger partial charge in [-0.3, -0.25) is 4.79 Å². The molecule has 1 atom stereocenters. The third-order valence-electron chi connectivity index (χ3n) is 3.94. The second-order valence-electron chi connectivity index (χ2n) is 5.29. The van der Waals surface area contributed by atoms with Crippen LogP contribution >= 0.6 is 12.4 Å². The average molecular weight is 261 g/mol. The maximum absolute atomic E-state index is 11.9. The van der Waals surface area contributed by atoms with Crippen LogP contribution in [0.5, 0.6) is 0 Å². The van der Waals surface area contributed by atoms with Crippen molar-refractivity contribution < 1.29 is 4.79 Å². The molecule has 2 N–H and O–H groups in total. The standard InChI is InChI=1S/C13H24N2O.ClH/c16-13(12-6-2-1-3-7-12)15-10-11-5-4-8-14-9-11;/h11-12,14H,1-10H2,(H,15,16);1H. The number of nitrogens with one attached hydrogen (secondary N) is 2. The highest BCUT2D eigenvalue weighted by Gasteiger charge is 2.22. The summed E-state index contributed by atoms with van der Waals surface area (Å²) in [6.07, 6.45) is 8.52. The summed E-state index contributed by atoms with van der Waals surface area (Å²) < 4.78 is 0. The molecule has 2 rings (SSSR count). The van der Waals surface area contributed by atoms with Crippen LogP contribution in [0.4, 0.5) is 0 Å². The van der Waals surface area contributed by atoms with Gasteiger partial charge in [0.05, 0.1) is 0 Å². The van der Waals surface area contributed by atoms with E-state index in [1.165, 1.54) is 32.1 Å². The molecule has 1 saturated heterocycles. The molecule has 2 fully saturated rings. The summed E-state index contributed by atoms with van der Waals surface area (Å²) in [7, 11) is 0. The van der Waals surface area contributed by atoms with E-state index in [0.29, 0.717) is 17.7 Å². The zero-order chi connectivity index (χ0) is 11.2. The number of halogens is 1. The van der Waals surface area contributed by atoms with Gasteiger partial charge in [-0.05, 0) is 44.7 Å². The molecule has 0 aromatic heterocycles. The van der Waals surface area contributed by atoms with E-state index in [1.54, 1.807) is 0 Å². The summed E-state index contributed by atoms with van der Waals surface area (Å²) in [6, 6.07) is 0.